The molecule has 0 heterocycles. The molecule has 0 unspecified atom stereocenters. The number of alkyl halides is 3. The third kappa shape index (κ3) is 3.98. The molecule has 0 aromatic heterocycles. The number of halogens is 4. The van der Waals surface area contributed by atoms with E-state index in [4.69, 9.17) is 11.6 Å². The predicted octanol–water partition coefficient (Wildman–Crippen LogP) is 2.52. The molecule has 2 aromatic carbocycles. The van der Waals surface area contributed by atoms with Crippen molar-refractivity contribution < 1.29 is 31.5 Å². The zero-order valence-corrected chi connectivity index (χ0v) is 13.2. The zero-order valence-electron chi connectivity index (χ0n) is 11.6. The molecule has 0 atom stereocenters. The van der Waals surface area contributed by atoms with Gasteiger partial charge in [-0.05, 0) is 35.9 Å². The van der Waals surface area contributed by atoms with E-state index < -0.39 is 32.8 Å². The molecule has 0 aliphatic carbocycles. The van der Waals surface area contributed by atoms with Crippen molar-refractivity contribution in [2.75, 3.05) is 4.72 Å². The van der Waals surface area contributed by atoms with Crippen LogP contribution in [0.3, 0.4) is 0 Å². The summed E-state index contributed by atoms with van der Waals surface area (Å²) in [5.41, 5.74) is -1.76. The van der Waals surface area contributed by atoms with Crippen LogP contribution in [0.1, 0.15) is 15.9 Å². The summed E-state index contributed by atoms with van der Waals surface area (Å²) in [6.45, 7) is 0. The van der Waals surface area contributed by atoms with Gasteiger partial charge in [0.05, 0.1) is 21.5 Å². The van der Waals surface area contributed by atoms with Crippen LogP contribution in [-0.2, 0) is 16.2 Å². The average molecular weight is 379 g/mol. The lowest BCUT2D eigenvalue weighted by molar-refractivity contribution is -0.255. The Morgan fingerprint density at radius 2 is 1.67 bits per heavy atom. The Morgan fingerprint density at radius 3 is 2.17 bits per heavy atom. The molecule has 0 aliphatic rings. The molecular formula is C14H8ClF3NO4S-. The second-order valence-corrected chi connectivity index (χ2v) is 6.70. The molecular weight excluding hydrogens is 371 g/mol. The molecule has 0 aliphatic heterocycles. The number of carbonyl (C=O) groups excluding carboxylic acids is 1. The van der Waals surface area contributed by atoms with Crippen LogP contribution >= 0.6 is 11.6 Å². The van der Waals surface area contributed by atoms with E-state index in [9.17, 15) is 31.5 Å². The highest BCUT2D eigenvalue weighted by atomic mass is 35.5. The summed E-state index contributed by atoms with van der Waals surface area (Å²) in [7, 11) is -4.20. The summed E-state index contributed by atoms with van der Waals surface area (Å²) in [5, 5.41) is 10.1. The molecule has 0 bridgehead atoms. The molecule has 2 rings (SSSR count). The number of aromatic carboxylic acids is 1. The Morgan fingerprint density at radius 1 is 1.08 bits per heavy atom. The number of sulfonamides is 1. The number of hydrogen-bond acceptors (Lipinski definition) is 4. The Balaban J connectivity index is 2.34. The lowest BCUT2D eigenvalue weighted by Crippen LogP contribution is -2.22. The maximum atomic E-state index is 12.8. The van der Waals surface area contributed by atoms with Crippen LogP contribution in [0.4, 0.5) is 18.9 Å². The van der Waals surface area contributed by atoms with Crippen LogP contribution in [0, 0.1) is 0 Å². The Hall–Kier alpha value is -2.26. The van der Waals surface area contributed by atoms with E-state index >= 15 is 0 Å². The van der Waals surface area contributed by atoms with Gasteiger partial charge in [-0.25, -0.2) is 8.42 Å². The van der Waals surface area contributed by atoms with Gasteiger partial charge in [-0.1, -0.05) is 23.7 Å². The number of carboxylic acids is 1. The van der Waals surface area contributed by atoms with E-state index in [0.29, 0.717) is 6.07 Å². The predicted molar refractivity (Wildman–Crippen MR) is 78.0 cm³/mol. The molecule has 128 valence electrons. The third-order valence-electron chi connectivity index (χ3n) is 2.92. The van der Waals surface area contributed by atoms with Crippen LogP contribution in [0.5, 0.6) is 0 Å². The van der Waals surface area contributed by atoms with Crippen molar-refractivity contribution in [1.29, 1.82) is 0 Å². The summed E-state index contributed by atoms with van der Waals surface area (Å²) in [6.07, 6.45) is -4.74. The Labute approximate surface area is 139 Å². The van der Waals surface area contributed by atoms with Gasteiger partial charge in [0.25, 0.3) is 10.0 Å². The minimum absolute atomic E-state index is 0.236. The molecule has 0 spiro atoms. The SMILES string of the molecule is O=C([O-])c1ccc(S(=O)(=O)Nc2ccc(Cl)c(C(F)(F)F)c2)cc1. The van der Waals surface area contributed by atoms with Gasteiger partial charge in [0.15, 0.2) is 0 Å². The summed E-state index contributed by atoms with van der Waals surface area (Å²) < 4.78 is 64.6. The fourth-order valence-electron chi connectivity index (χ4n) is 1.79. The molecule has 0 saturated carbocycles. The Kier molecular flexibility index (Phi) is 4.77. The van der Waals surface area contributed by atoms with E-state index in [0.717, 1.165) is 36.4 Å². The van der Waals surface area contributed by atoms with Crippen LogP contribution < -0.4 is 9.83 Å². The van der Waals surface area contributed by atoms with Crippen LogP contribution in [-0.4, -0.2) is 14.4 Å². The van der Waals surface area contributed by atoms with Crippen LogP contribution in [0.2, 0.25) is 5.02 Å². The standard InChI is InChI=1S/C14H9ClF3NO4S/c15-12-6-3-9(7-11(12)14(16,17)18)19-24(22,23)10-4-1-8(2-5-10)13(20)21/h1-7,19H,(H,20,21)/p-1. The van der Waals surface area contributed by atoms with Crippen molar-refractivity contribution >= 4 is 33.3 Å². The molecule has 2 aromatic rings. The quantitative estimate of drug-likeness (QED) is 0.885. The van der Waals surface area contributed by atoms with Crippen LogP contribution in [0.15, 0.2) is 47.4 Å². The Bertz CT molecular complexity index is 880. The molecule has 24 heavy (non-hydrogen) atoms. The number of nitrogens with one attached hydrogen (secondary N) is 1. The first-order chi connectivity index (χ1) is 11.0. The van der Waals surface area contributed by atoms with E-state index in [1.807, 2.05) is 4.72 Å². The molecule has 1 N–H and O–H groups in total. The summed E-state index contributed by atoms with van der Waals surface area (Å²) in [4.78, 5) is 10.3. The first kappa shape index (κ1) is 18.1. The third-order valence-corrected chi connectivity index (χ3v) is 4.65. The molecule has 10 heteroatoms. The van der Waals surface area contributed by atoms with Gasteiger partial charge >= 0.3 is 6.18 Å². The lowest BCUT2D eigenvalue weighted by atomic mass is 10.2. The number of hydrogen-bond donors (Lipinski definition) is 1. The van der Waals surface area contributed by atoms with E-state index in [2.05, 4.69) is 0 Å². The topological polar surface area (TPSA) is 86.3 Å². The molecule has 0 amide bonds. The smallest absolute Gasteiger partial charge is 0.417 e. The van der Waals surface area contributed by atoms with Gasteiger partial charge in [0.1, 0.15) is 0 Å². The first-order valence-corrected chi connectivity index (χ1v) is 8.08. The molecule has 5 nitrogen and oxygen atoms in total. The van der Waals surface area contributed by atoms with Crippen molar-refractivity contribution in [1.82, 2.24) is 0 Å². The monoisotopic (exact) mass is 378 g/mol. The maximum Gasteiger partial charge on any atom is 0.417 e. The van der Waals surface area contributed by atoms with E-state index in [1.165, 1.54) is 0 Å². The number of carboxylic acid groups (broad SMARTS) is 1. The highest BCUT2D eigenvalue weighted by Crippen LogP contribution is 2.36. The summed E-state index contributed by atoms with van der Waals surface area (Å²) >= 11 is 5.46. The van der Waals surface area contributed by atoms with Gasteiger partial charge in [-0.15, -0.1) is 0 Å². The lowest BCUT2D eigenvalue weighted by Gasteiger charge is -2.13. The van der Waals surface area contributed by atoms with Gasteiger partial charge in [0, 0.05) is 5.69 Å². The molecule has 0 saturated heterocycles. The van der Waals surface area contributed by atoms with Crippen LogP contribution in [0.25, 0.3) is 0 Å². The van der Waals surface area contributed by atoms with E-state index in [1.54, 1.807) is 0 Å². The van der Waals surface area contributed by atoms with Gasteiger partial charge in [-0.3, -0.25) is 4.72 Å². The number of benzene rings is 2. The number of carbonyl (C=O) groups is 1. The van der Waals surface area contributed by atoms with Gasteiger partial charge in [0.2, 0.25) is 0 Å². The summed E-state index contributed by atoms with van der Waals surface area (Å²) in [6, 6.07) is 6.56. The summed E-state index contributed by atoms with van der Waals surface area (Å²) in [5.74, 6) is -1.49. The average Bonchev–Trinajstić information content (AvgIpc) is 2.48. The minimum atomic E-state index is -4.74. The van der Waals surface area contributed by atoms with Crippen molar-refractivity contribution in [3.05, 3.63) is 58.6 Å². The van der Waals surface area contributed by atoms with Gasteiger partial charge in [-0.2, -0.15) is 13.2 Å². The van der Waals surface area contributed by atoms with Crippen molar-refractivity contribution in [2.45, 2.75) is 11.1 Å². The number of rotatable bonds is 4. The largest absolute Gasteiger partial charge is 0.545 e. The highest BCUT2D eigenvalue weighted by molar-refractivity contribution is 7.92. The van der Waals surface area contributed by atoms with Crippen molar-refractivity contribution in [2.24, 2.45) is 0 Å². The van der Waals surface area contributed by atoms with E-state index in [-0.39, 0.29) is 16.1 Å². The van der Waals surface area contributed by atoms with Crippen molar-refractivity contribution in [3.8, 4) is 0 Å². The first-order valence-electron chi connectivity index (χ1n) is 6.22. The zero-order chi connectivity index (χ0) is 18.1. The molecule has 0 radical (unpaired) electrons. The second-order valence-electron chi connectivity index (χ2n) is 4.61. The maximum absolute atomic E-state index is 12.8. The fraction of sp³-hybridized carbons (Fsp3) is 0.0714. The highest BCUT2D eigenvalue weighted by Gasteiger charge is 2.33. The van der Waals surface area contributed by atoms with Crippen molar-refractivity contribution in [3.63, 3.8) is 0 Å². The second kappa shape index (κ2) is 6.33. The normalized spacial score (nSPS) is 12.0. The fourth-order valence-corrected chi connectivity index (χ4v) is 3.06. The number of anilines is 1. The van der Waals surface area contributed by atoms with Gasteiger partial charge < -0.3 is 9.90 Å². The molecule has 0 fully saturated rings. The minimum Gasteiger partial charge on any atom is -0.545 e.